The number of nitrogens with zero attached hydrogens (tertiary/aromatic N) is 2. The summed E-state index contributed by atoms with van der Waals surface area (Å²) in [6, 6.07) is 16.4. The van der Waals surface area contributed by atoms with E-state index in [-0.39, 0.29) is 0 Å². The molecule has 2 aromatic carbocycles. The van der Waals surface area contributed by atoms with E-state index < -0.39 is 42.5 Å². The molecule has 9 heteroatoms. The first kappa shape index (κ1) is 24.3. The van der Waals surface area contributed by atoms with Crippen LogP contribution in [0.1, 0.15) is 31.4 Å². The van der Waals surface area contributed by atoms with Gasteiger partial charge in [-0.3, -0.25) is 14.6 Å². The molecule has 0 fully saturated rings. The number of nitrogens with one attached hydrogen (secondary N) is 2. The third-order valence-corrected chi connectivity index (χ3v) is 5.48. The van der Waals surface area contributed by atoms with Crippen LogP contribution in [0.25, 0.3) is 0 Å². The zero-order chi connectivity index (χ0) is 24.2. The van der Waals surface area contributed by atoms with Crippen molar-refractivity contribution in [2.45, 2.75) is 38.7 Å². The first-order valence-corrected chi connectivity index (χ1v) is 10.7. The van der Waals surface area contributed by atoms with Crippen LogP contribution in [0.4, 0.5) is 18.9 Å². The molecule has 33 heavy (non-hydrogen) atoms. The van der Waals surface area contributed by atoms with E-state index in [9.17, 15) is 22.8 Å². The number of carbonyl (C=O) groups is 2. The summed E-state index contributed by atoms with van der Waals surface area (Å²) in [5.74, 6) is -3.15. The van der Waals surface area contributed by atoms with Gasteiger partial charge in [-0.05, 0) is 13.0 Å². The van der Waals surface area contributed by atoms with Crippen LogP contribution in [0.15, 0.2) is 59.6 Å². The van der Waals surface area contributed by atoms with Gasteiger partial charge in [0.25, 0.3) is 0 Å². The van der Waals surface area contributed by atoms with Crippen LogP contribution in [0.5, 0.6) is 0 Å². The van der Waals surface area contributed by atoms with Gasteiger partial charge in [0.1, 0.15) is 12.2 Å². The second kappa shape index (κ2) is 10.1. The van der Waals surface area contributed by atoms with Crippen LogP contribution in [0.2, 0.25) is 0 Å². The molecule has 0 aromatic heterocycles. The predicted octanol–water partition coefficient (Wildman–Crippen LogP) is 3.51. The molecule has 2 aromatic rings. The molecular formula is C24H27F3N4O2. The zero-order valence-electron chi connectivity index (χ0n) is 18.7. The van der Waals surface area contributed by atoms with Crippen LogP contribution in [0, 0.1) is 5.92 Å². The van der Waals surface area contributed by atoms with Crippen molar-refractivity contribution in [3.63, 3.8) is 0 Å². The Hall–Kier alpha value is -3.36. The largest absolute Gasteiger partial charge is 0.392 e. The lowest BCUT2D eigenvalue weighted by atomic mass is 10.0. The molecule has 0 bridgehead atoms. The molecule has 6 nitrogen and oxygen atoms in total. The van der Waals surface area contributed by atoms with Gasteiger partial charge in [0.2, 0.25) is 11.8 Å². The molecular weight excluding hydrogens is 433 g/mol. The summed E-state index contributed by atoms with van der Waals surface area (Å²) in [5.41, 5.74) is 3.49. The number of hydrogen-bond acceptors (Lipinski definition) is 4. The number of para-hydroxylation sites is 1. The van der Waals surface area contributed by atoms with Gasteiger partial charge in [0.15, 0.2) is 0 Å². The van der Waals surface area contributed by atoms with E-state index in [1.165, 1.54) is 6.92 Å². The number of hydrogen-bond donors (Lipinski definition) is 2. The molecule has 1 aliphatic rings. The Balaban J connectivity index is 1.76. The SMILES string of the molecule is CC(CC(=O)N[C@@H](C)C(=O)N[C@@H]1CN(C)c2ccccc2C(c2ccccc2)=N1)C(F)(F)F. The number of carbonyl (C=O) groups excluding carboxylic acids is 2. The fraction of sp³-hybridized carbons (Fsp3) is 0.375. The Morgan fingerprint density at radius 1 is 1.09 bits per heavy atom. The van der Waals surface area contributed by atoms with E-state index in [2.05, 4.69) is 10.6 Å². The number of likely N-dealkylation sites (N-methyl/N-ethyl adjacent to an activating group) is 1. The molecule has 3 rings (SSSR count). The molecule has 0 spiro atoms. The second-order valence-corrected chi connectivity index (χ2v) is 8.20. The van der Waals surface area contributed by atoms with Crippen molar-refractivity contribution in [1.82, 2.24) is 10.6 Å². The van der Waals surface area contributed by atoms with Gasteiger partial charge in [0.05, 0.1) is 18.2 Å². The lowest BCUT2D eigenvalue weighted by Gasteiger charge is -2.24. The first-order chi connectivity index (χ1) is 15.6. The second-order valence-electron chi connectivity index (χ2n) is 8.20. The quantitative estimate of drug-likeness (QED) is 0.693. The van der Waals surface area contributed by atoms with E-state index in [4.69, 9.17) is 4.99 Å². The third-order valence-electron chi connectivity index (χ3n) is 5.48. The average molecular weight is 461 g/mol. The predicted molar refractivity (Wildman–Crippen MR) is 121 cm³/mol. The number of fused-ring (bicyclic) bond motifs is 1. The lowest BCUT2D eigenvalue weighted by molar-refractivity contribution is -0.174. The van der Waals surface area contributed by atoms with Gasteiger partial charge in [-0.1, -0.05) is 55.5 Å². The van der Waals surface area contributed by atoms with Gasteiger partial charge >= 0.3 is 6.18 Å². The molecule has 1 unspecified atom stereocenters. The van der Waals surface area contributed by atoms with E-state index in [1.54, 1.807) is 0 Å². The van der Waals surface area contributed by atoms with Crippen LogP contribution in [-0.2, 0) is 9.59 Å². The molecule has 3 atom stereocenters. The maximum absolute atomic E-state index is 12.7. The van der Waals surface area contributed by atoms with Crippen molar-refractivity contribution in [3.05, 3.63) is 65.7 Å². The highest BCUT2D eigenvalue weighted by Crippen LogP contribution is 2.28. The van der Waals surface area contributed by atoms with Crippen LogP contribution >= 0.6 is 0 Å². The molecule has 2 N–H and O–H groups in total. The maximum atomic E-state index is 12.7. The van der Waals surface area contributed by atoms with Crippen LogP contribution in [-0.4, -0.2) is 49.5 Å². The van der Waals surface area contributed by atoms with Gasteiger partial charge in [0, 0.05) is 30.3 Å². The standard InChI is InChI=1S/C24H27F3N4O2/c1-15(24(25,26)27)13-21(32)28-16(2)23(33)30-20-14-31(3)19-12-8-7-11-18(19)22(29-20)17-9-5-4-6-10-17/h4-12,15-16,20H,13-14H2,1-3H3,(H,28,32)(H,30,33)/t15?,16-,20+/m0/s1. The minimum Gasteiger partial charge on any atom is -0.370 e. The summed E-state index contributed by atoms with van der Waals surface area (Å²) in [6.45, 7) is 2.75. The Kier molecular flexibility index (Phi) is 7.40. The van der Waals surface area contributed by atoms with Crippen molar-refractivity contribution in [2.24, 2.45) is 10.9 Å². The Morgan fingerprint density at radius 2 is 1.73 bits per heavy atom. The van der Waals surface area contributed by atoms with Crippen LogP contribution < -0.4 is 15.5 Å². The van der Waals surface area contributed by atoms with Crippen molar-refractivity contribution >= 4 is 23.2 Å². The van der Waals surface area contributed by atoms with E-state index in [1.807, 2.05) is 66.5 Å². The number of anilines is 1. The van der Waals surface area contributed by atoms with Crippen molar-refractivity contribution in [3.8, 4) is 0 Å². The monoisotopic (exact) mass is 460 g/mol. The molecule has 176 valence electrons. The Morgan fingerprint density at radius 3 is 2.39 bits per heavy atom. The molecule has 2 amide bonds. The van der Waals surface area contributed by atoms with Crippen LogP contribution in [0.3, 0.4) is 0 Å². The molecule has 0 saturated carbocycles. The summed E-state index contributed by atoms with van der Waals surface area (Å²) in [6.07, 6.45) is -5.83. The summed E-state index contributed by atoms with van der Waals surface area (Å²) < 4.78 is 38.1. The van der Waals surface area contributed by atoms with Crippen molar-refractivity contribution in [1.29, 1.82) is 0 Å². The highest BCUT2D eigenvalue weighted by atomic mass is 19.4. The first-order valence-electron chi connectivity index (χ1n) is 10.7. The zero-order valence-corrected chi connectivity index (χ0v) is 18.7. The van der Waals surface area contributed by atoms with Gasteiger partial charge in [-0.25, -0.2) is 0 Å². The van der Waals surface area contributed by atoms with Gasteiger partial charge in [-0.15, -0.1) is 0 Å². The number of amides is 2. The molecule has 1 heterocycles. The van der Waals surface area contributed by atoms with Gasteiger partial charge in [-0.2, -0.15) is 13.2 Å². The van der Waals surface area contributed by atoms with Crippen molar-refractivity contribution < 1.29 is 22.8 Å². The van der Waals surface area contributed by atoms with Crippen molar-refractivity contribution in [2.75, 3.05) is 18.5 Å². The lowest BCUT2D eigenvalue weighted by Crippen LogP contribution is -2.50. The topological polar surface area (TPSA) is 73.8 Å². The Labute approximate surface area is 190 Å². The normalized spacial score (nSPS) is 17.8. The highest BCUT2D eigenvalue weighted by molar-refractivity contribution is 6.16. The minimum absolute atomic E-state index is 0.380. The molecule has 0 saturated heterocycles. The smallest absolute Gasteiger partial charge is 0.370 e. The summed E-state index contributed by atoms with van der Waals surface area (Å²) >= 11 is 0. The molecule has 1 aliphatic heterocycles. The number of alkyl halides is 3. The fourth-order valence-electron chi connectivity index (χ4n) is 3.58. The summed E-state index contributed by atoms with van der Waals surface area (Å²) in [7, 11) is 1.89. The van der Waals surface area contributed by atoms with E-state index in [0.717, 1.165) is 29.4 Å². The molecule has 0 aliphatic carbocycles. The average Bonchev–Trinajstić information content (AvgIpc) is 2.90. The number of benzodiazepines with no additional fused rings is 1. The number of rotatable bonds is 6. The van der Waals surface area contributed by atoms with E-state index in [0.29, 0.717) is 6.54 Å². The minimum atomic E-state index is -4.47. The van der Waals surface area contributed by atoms with E-state index >= 15 is 0 Å². The fourth-order valence-corrected chi connectivity index (χ4v) is 3.58. The molecule has 0 radical (unpaired) electrons. The maximum Gasteiger partial charge on any atom is 0.392 e. The number of halogens is 3. The highest BCUT2D eigenvalue weighted by Gasteiger charge is 2.37. The van der Waals surface area contributed by atoms with Gasteiger partial charge < -0.3 is 15.5 Å². The number of benzene rings is 2. The number of aliphatic imine (C=N–C) groups is 1. The summed E-state index contributed by atoms with van der Waals surface area (Å²) in [5, 5.41) is 5.15. The summed E-state index contributed by atoms with van der Waals surface area (Å²) in [4.78, 5) is 31.5. The Bertz CT molecular complexity index is 1020. The third kappa shape index (κ3) is 6.12.